The molecular formula is C18H26N2O. The van der Waals surface area contributed by atoms with Gasteiger partial charge in [0, 0.05) is 19.1 Å². The van der Waals surface area contributed by atoms with E-state index >= 15 is 0 Å². The lowest BCUT2D eigenvalue weighted by Gasteiger charge is -2.37. The summed E-state index contributed by atoms with van der Waals surface area (Å²) < 4.78 is 0. The fourth-order valence-corrected chi connectivity index (χ4v) is 3.45. The summed E-state index contributed by atoms with van der Waals surface area (Å²) in [6, 6.07) is 10.9. The number of benzene rings is 1. The number of carbonyl (C=O) groups is 1. The molecule has 0 radical (unpaired) electrons. The van der Waals surface area contributed by atoms with Crippen LogP contribution in [0.2, 0.25) is 0 Å². The summed E-state index contributed by atoms with van der Waals surface area (Å²) in [6.07, 6.45) is 3.31. The van der Waals surface area contributed by atoms with E-state index in [2.05, 4.69) is 48.3 Å². The first-order valence-electron chi connectivity index (χ1n) is 8.19. The third-order valence-corrected chi connectivity index (χ3v) is 5.16. The monoisotopic (exact) mass is 286 g/mol. The molecule has 1 atom stereocenters. The zero-order valence-corrected chi connectivity index (χ0v) is 13.1. The fourth-order valence-electron chi connectivity index (χ4n) is 3.45. The summed E-state index contributed by atoms with van der Waals surface area (Å²) >= 11 is 0. The molecule has 1 aromatic rings. The molecule has 1 saturated carbocycles. The highest BCUT2D eigenvalue weighted by Crippen LogP contribution is 2.40. The van der Waals surface area contributed by atoms with Crippen LogP contribution in [0.25, 0.3) is 0 Å². The van der Waals surface area contributed by atoms with E-state index in [0.717, 1.165) is 26.1 Å². The molecule has 1 unspecified atom stereocenters. The molecule has 21 heavy (non-hydrogen) atoms. The first-order chi connectivity index (χ1) is 10.1. The van der Waals surface area contributed by atoms with Crippen LogP contribution in [-0.2, 0) is 11.3 Å². The van der Waals surface area contributed by atoms with Crippen molar-refractivity contribution < 1.29 is 4.79 Å². The van der Waals surface area contributed by atoms with Gasteiger partial charge in [0.15, 0.2) is 0 Å². The summed E-state index contributed by atoms with van der Waals surface area (Å²) in [7, 11) is 0. The molecule has 1 amide bonds. The maximum atomic E-state index is 13.3. The van der Waals surface area contributed by atoms with Crippen molar-refractivity contribution in [2.75, 3.05) is 13.1 Å². The van der Waals surface area contributed by atoms with E-state index < -0.39 is 0 Å². The second-order valence-corrected chi connectivity index (χ2v) is 6.89. The lowest BCUT2D eigenvalue weighted by Crippen LogP contribution is -2.48. The number of hydrogen-bond donors (Lipinski definition) is 1. The Kier molecular flexibility index (Phi) is 4.03. The molecule has 0 bridgehead atoms. The van der Waals surface area contributed by atoms with Gasteiger partial charge in [-0.05, 0) is 37.3 Å². The highest BCUT2D eigenvalue weighted by atomic mass is 16.2. The van der Waals surface area contributed by atoms with Gasteiger partial charge in [0.2, 0.25) is 5.91 Å². The molecule has 2 aliphatic rings. The predicted molar refractivity (Wildman–Crippen MR) is 84.8 cm³/mol. The summed E-state index contributed by atoms with van der Waals surface area (Å²) in [4.78, 5) is 15.4. The second-order valence-electron chi connectivity index (χ2n) is 6.89. The Morgan fingerprint density at radius 3 is 2.57 bits per heavy atom. The second kappa shape index (κ2) is 5.80. The normalized spacial score (nSPS) is 25.3. The van der Waals surface area contributed by atoms with Crippen LogP contribution in [0.15, 0.2) is 30.3 Å². The van der Waals surface area contributed by atoms with E-state index in [0.29, 0.717) is 17.9 Å². The molecule has 114 valence electrons. The summed E-state index contributed by atoms with van der Waals surface area (Å²) in [5, 5.41) is 3.41. The Bertz CT molecular complexity index is 487. The first kappa shape index (κ1) is 14.6. The number of carbonyl (C=O) groups excluding carboxylic acids is 1. The topological polar surface area (TPSA) is 32.3 Å². The van der Waals surface area contributed by atoms with Crippen molar-refractivity contribution in [3.63, 3.8) is 0 Å². The molecule has 3 nitrogen and oxygen atoms in total. The van der Waals surface area contributed by atoms with Gasteiger partial charge in [-0.2, -0.15) is 0 Å². The van der Waals surface area contributed by atoms with Gasteiger partial charge in [-0.1, -0.05) is 44.2 Å². The van der Waals surface area contributed by atoms with Crippen molar-refractivity contribution in [2.24, 2.45) is 11.3 Å². The molecule has 1 aromatic carbocycles. The number of amides is 1. The van der Waals surface area contributed by atoms with Crippen LogP contribution in [0.1, 0.15) is 38.7 Å². The van der Waals surface area contributed by atoms with Crippen molar-refractivity contribution in [1.29, 1.82) is 0 Å². The molecule has 1 heterocycles. The number of rotatable bonds is 5. The van der Waals surface area contributed by atoms with Crippen LogP contribution in [-0.4, -0.2) is 29.9 Å². The standard InChI is InChI=1S/C18H26N2O/c1-14(2)18(10-11-19-13-18)17(21)20(16-8-9-16)12-15-6-4-3-5-7-15/h3-7,14,16,19H,8-13H2,1-2H3. The highest BCUT2D eigenvalue weighted by Gasteiger charge is 2.48. The third-order valence-electron chi connectivity index (χ3n) is 5.16. The van der Waals surface area contributed by atoms with Crippen LogP contribution in [0.3, 0.4) is 0 Å². The number of nitrogens with zero attached hydrogens (tertiary/aromatic N) is 1. The van der Waals surface area contributed by atoms with E-state index in [9.17, 15) is 4.79 Å². The minimum atomic E-state index is -0.197. The van der Waals surface area contributed by atoms with Gasteiger partial charge in [-0.25, -0.2) is 0 Å². The average molecular weight is 286 g/mol. The Morgan fingerprint density at radius 2 is 2.05 bits per heavy atom. The van der Waals surface area contributed by atoms with E-state index in [1.54, 1.807) is 0 Å². The van der Waals surface area contributed by atoms with Crippen LogP contribution < -0.4 is 5.32 Å². The van der Waals surface area contributed by atoms with Crippen molar-refractivity contribution >= 4 is 5.91 Å². The van der Waals surface area contributed by atoms with Gasteiger partial charge in [-0.15, -0.1) is 0 Å². The number of hydrogen-bond acceptors (Lipinski definition) is 2. The zero-order chi connectivity index (χ0) is 14.9. The van der Waals surface area contributed by atoms with Crippen LogP contribution in [0.5, 0.6) is 0 Å². The van der Waals surface area contributed by atoms with Crippen molar-refractivity contribution in [3.8, 4) is 0 Å². The van der Waals surface area contributed by atoms with Gasteiger partial charge in [0.1, 0.15) is 0 Å². The average Bonchev–Trinajstić information content (AvgIpc) is 3.20. The Hall–Kier alpha value is -1.35. The van der Waals surface area contributed by atoms with Gasteiger partial charge in [0.05, 0.1) is 5.41 Å². The van der Waals surface area contributed by atoms with Crippen LogP contribution in [0.4, 0.5) is 0 Å². The molecule has 1 aliphatic carbocycles. The van der Waals surface area contributed by atoms with E-state index in [1.807, 2.05) is 6.07 Å². The van der Waals surface area contributed by atoms with Gasteiger partial charge >= 0.3 is 0 Å². The molecule has 1 N–H and O–H groups in total. The first-order valence-corrected chi connectivity index (χ1v) is 8.19. The fraction of sp³-hybridized carbons (Fsp3) is 0.611. The van der Waals surface area contributed by atoms with E-state index in [4.69, 9.17) is 0 Å². The molecule has 3 rings (SSSR count). The molecule has 3 heteroatoms. The molecule has 0 aromatic heterocycles. The van der Waals surface area contributed by atoms with Gasteiger partial charge in [0.25, 0.3) is 0 Å². The lowest BCUT2D eigenvalue weighted by atomic mass is 9.75. The lowest BCUT2D eigenvalue weighted by molar-refractivity contribution is -0.145. The SMILES string of the molecule is CC(C)C1(C(=O)N(Cc2ccccc2)C2CC2)CCNC1. The maximum absolute atomic E-state index is 13.3. The molecule has 0 spiro atoms. The Morgan fingerprint density at radius 1 is 1.33 bits per heavy atom. The van der Waals surface area contributed by atoms with Gasteiger partial charge in [-0.3, -0.25) is 4.79 Å². The Balaban J connectivity index is 1.82. The zero-order valence-electron chi connectivity index (χ0n) is 13.1. The molecule has 1 aliphatic heterocycles. The van der Waals surface area contributed by atoms with Crippen molar-refractivity contribution in [3.05, 3.63) is 35.9 Å². The third kappa shape index (κ3) is 2.84. The minimum absolute atomic E-state index is 0.197. The predicted octanol–water partition coefficient (Wildman–Crippen LogP) is 2.81. The quantitative estimate of drug-likeness (QED) is 0.902. The van der Waals surface area contributed by atoms with E-state index in [1.165, 1.54) is 18.4 Å². The summed E-state index contributed by atoms with van der Waals surface area (Å²) in [6.45, 7) is 6.95. The summed E-state index contributed by atoms with van der Waals surface area (Å²) in [5.74, 6) is 0.755. The maximum Gasteiger partial charge on any atom is 0.230 e. The summed E-state index contributed by atoms with van der Waals surface area (Å²) in [5.41, 5.74) is 1.04. The van der Waals surface area contributed by atoms with Crippen LogP contribution in [0, 0.1) is 11.3 Å². The van der Waals surface area contributed by atoms with Crippen LogP contribution >= 0.6 is 0 Å². The van der Waals surface area contributed by atoms with Crippen molar-refractivity contribution in [2.45, 2.75) is 45.7 Å². The van der Waals surface area contributed by atoms with E-state index in [-0.39, 0.29) is 5.41 Å². The Labute approximate surface area is 127 Å². The largest absolute Gasteiger partial charge is 0.335 e. The highest BCUT2D eigenvalue weighted by molar-refractivity contribution is 5.84. The van der Waals surface area contributed by atoms with Gasteiger partial charge < -0.3 is 10.2 Å². The molecule has 2 fully saturated rings. The smallest absolute Gasteiger partial charge is 0.230 e. The molecule has 1 saturated heterocycles. The minimum Gasteiger partial charge on any atom is -0.335 e. The molecular weight excluding hydrogens is 260 g/mol. The number of nitrogens with one attached hydrogen (secondary N) is 1. The van der Waals surface area contributed by atoms with Crippen molar-refractivity contribution in [1.82, 2.24) is 10.2 Å².